The van der Waals surface area contributed by atoms with Crippen LogP contribution in [0, 0.1) is 17.1 Å². The van der Waals surface area contributed by atoms with Crippen molar-refractivity contribution < 1.29 is 23.3 Å². The minimum Gasteiger partial charge on any atom is -0.489 e. The van der Waals surface area contributed by atoms with Gasteiger partial charge in [0.2, 0.25) is 12.7 Å². The molecule has 154 valence electrons. The number of hydrogen-bond donors (Lipinski definition) is 1. The third kappa shape index (κ3) is 3.38. The highest BCUT2D eigenvalue weighted by Crippen LogP contribution is 2.49. The molecular formula is C24H17FN2O4. The number of nitrogens with two attached hydrogens (primary N) is 1. The van der Waals surface area contributed by atoms with Gasteiger partial charge in [0, 0.05) is 17.2 Å². The molecule has 2 aliphatic heterocycles. The van der Waals surface area contributed by atoms with Crippen molar-refractivity contribution in [3.05, 3.63) is 94.6 Å². The van der Waals surface area contributed by atoms with Gasteiger partial charge < -0.3 is 24.7 Å². The van der Waals surface area contributed by atoms with Gasteiger partial charge in [0.15, 0.2) is 11.5 Å². The van der Waals surface area contributed by atoms with Crippen molar-refractivity contribution in [2.75, 3.05) is 6.79 Å². The van der Waals surface area contributed by atoms with Gasteiger partial charge in [0.1, 0.15) is 35.6 Å². The molecule has 0 aromatic heterocycles. The van der Waals surface area contributed by atoms with Crippen LogP contribution in [0.5, 0.6) is 23.0 Å². The van der Waals surface area contributed by atoms with Crippen LogP contribution in [0.1, 0.15) is 22.6 Å². The van der Waals surface area contributed by atoms with Gasteiger partial charge in [-0.3, -0.25) is 0 Å². The summed E-state index contributed by atoms with van der Waals surface area (Å²) in [4.78, 5) is 0. The Bertz CT molecular complexity index is 1250. The molecule has 2 heterocycles. The maximum Gasteiger partial charge on any atom is 0.231 e. The number of allylic oxidation sites excluding steroid dienone is 1. The molecule has 0 saturated heterocycles. The summed E-state index contributed by atoms with van der Waals surface area (Å²) >= 11 is 0. The third-order valence-electron chi connectivity index (χ3n) is 5.22. The quantitative estimate of drug-likeness (QED) is 0.680. The molecule has 0 amide bonds. The van der Waals surface area contributed by atoms with Crippen molar-refractivity contribution in [1.82, 2.24) is 0 Å². The molecule has 7 heteroatoms. The minimum absolute atomic E-state index is 0.0267. The number of fused-ring (bicyclic) bond motifs is 2. The Morgan fingerprint density at radius 3 is 2.61 bits per heavy atom. The lowest BCUT2D eigenvalue weighted by molar-refractivity contribution is 0.174. The van der Waals surface area contributed by atoms with Crippen LogP contribution in [0.4, 0.5) is 4.39 Å². The van der Waals surface area contributed by atoms with E-state index in [2.05, 4.69) is 6.07 Å². The van der Waals surface area contributed by atoms with Gasteiger partial charge in [-0.1, -0.05) is 30.3 Å². The fourth-order valence-electron chi connectivity index (χ4n) is 3.81. The summed E-state index contributed by atoms with van der Waals surface area (Å²) in [7, 11) is 0. The summed E-state index contributed by atoms with van der Waals surface area (Å²) in [6.45, 7) is 0.289. The molecule has 0 radical (unpaired) electrons. The lowest BCUT2D eigenvalue weighted by atomic mass is 9.83. The van der Waals surface area contributed by atoms with Crippen molar-refractivity contribution in [3.8, 4) is 29.1 Å². The molecule has 0 spiro atoms. The second-order valence-corrected chi connectivity index (χ2v) is 7.12. The van der Waals surface area contributed by atoms with Crippen molar-refractivity contribution in [2.45, 2.75) is 12.5 Å². The number of hydrogen-bond acceptors (Lipinski definition) is 6. The first-order valence-electron chi connectivity index (χ1n) is 9.61. The normalized spacial score (nSPS) is 16.3. The van der Waals surface area contributed by atoms with Crippen LogP contribution in [0.3, 0.4) is 0 Å². The summed E-state index contributed by atoms with van der Waals surface area (Å²) in [5.74, 6) is 1.36. The number of rotatable bonds is 4. The Kier molecular flexibility index (Phi) is 4.60. The van der Waals surface area contributed by atoms with Gasteiger partial charge >= 0.3 is 0 Å². The van der Waals surface area contributed by atoms with Crippen molar-refractivity contribution in [1.29, 1.82) is 5.26 Å². The van der Waals surface area contributed by atoms with E-state index in [9.17, 15) is 9.65 Å². The van der Waals surface area contributed by atoms with E-state index < -0.39 is 5.92 Å². The number of ether oxygens (including phenoxy) is 4. The molecule has 5 rings (SSSR count). The minimum atomic E-state index is -0.521. The Balaban J connectivity index is 1.57. The van der Waals surface area contributed by atoms with Crippen LogP contribution in [0.25, 0.3) is 0 Å². The molecule has 1 atom stereocenters. The summed E-state index contributed by atoms with van der Waals surface area (Å²) in [5, 5.41) is 9.84. The average molecular weight is 416 g/mol. The molecule has 3 aromatic carbocycles. The van der Waals surface area contributed by atoms with E-state index in [1.54, 1.807) is 24.3 Å². The molecular weight excluding hydrogens is 399 g/mol. The highest BCUT2D eigenvalue weighted by atomic mass is 19.1. The van der Waals surface area contributed by atoms with E-state index in [0.717, 1.165) is 11.1 Å². The van der Waals surface area contributed by atoms with Crippen molar-refractivity contribution >= 4 is 0 Å². The molecule has 2 aliphatic rings. The SMILES string of the molecule is N#CC1=C(N)Oc2cc3c(cc2C1c1ccccc1OCc1cccc(F)c1)OCO3. The molecule has 0 saturated carbocycles. The van der Waals surface area contributed by atoms with Crippen LogP contribution in [0.2, 0.25) is 0 Å². The van der Waals surface area contributed by atoms with Gasteiger partial charge in [-0.2, -0.15) is 5.26 Å². The smallest absolute Gasteiger partial charge is 0.231 e. The zero-order valence-corrected chi connectivity index (χ0v) is 16.3. The van der Waals surface area contributed by atoms with E-state index >= 15 is 0 Å². The topological polar surface area (TPSA) is 86.7 Å². The monoisotopic (exact) mass is 416 g/mol. The van der Waals surface area contributed by atoms with Gasteiger partial charge in [-0.05, 0) is 29.8 Å². The Labute approximate surface area is 177 Å². The van der Waals surface area contributed by atoms with E-state index in [1.807, 2.05) is 24.3 Å². The maximum atomic E-state index is 13.5. The van der Waals surface area contributed by atoms with E-state index in [0.29, 0.717) is 28.6 Å². The largest absolute Gasteiger partial charge is 0.489 e. The Morgan fingerprint density at radius 1 is 1.00 bits per heavy atom. The second-order valence-electron chi connectivity index (χ2n) is 7.12. The summed E-state index contributed by atoms with van der Waals surface area (Å²) < 4.78 is 36.2. The first-order valence-corrected chi connectivity index (χ1v) is 9.61. The number of benzene rings is 3. The number of para-hydroxylation sites is 1. The predicted octanol–water partition coefficient (Wildman–Crippen LogP) is 4.35. The first-order chi connectivity index (χ1) is 15.1. The first kappa shape index (κ1) is 18.8. The van der Waals surface area contributed by atoms with Crippen LogP contribution in [-0.2, 0) is 6.61 Å². The zero-order valence-electron chi connectivity index (χ0n) is 16.3. The lowest BCUT2D eigenvalue weighted by Gasteiger charge is -2.28. The Morgan fingerprint density at radius 2 is 1.81 bits per heavy atom. The predicted molar refractivity (Wildman–Crippen MR) is 109 cm³/mol. The highest BCUT2D eigenvalue weighted by molar-refractivity contribution is 5.63. The van der Waals surface area contributed by atoms with Gasteiger partial charge in [0.05, 0.1) is 5.92 Å². The third-order valence-corrected chi connectivity index (χ3v) is 5.22. The molecule has 2 N–H and O–H groups in total. The summed E-state index contributed by atoms with van der Waals surface area (Å²) in [5.41, 5.74) is 8.51. The van der Waals surface area contributed by atoms with Crippen molar-refractivity contribution in [3.63, 3.8) is 0 Å². The molecule has 0 fully saturated rings. The maximum absolute atomic E-state index is 13.5. The fraction of sp³-hybridized carbons (Fsp3) is 0.125. The van der Waals surface area contributed by atoms with Gasteiger partial charge in [-0.15, -0.1) is 0 Å². The Hall–Kier alpha value is -4.18. The van der Waals surface area contributed by atoms with E-state index in [4.69, 9.17) is 24.7 Å². The van der Waals surface area contributed by atoms with E-state index in [-0.39, 0.29) is 30.7 Å². The number of halogens is 1. The average Bonchev–Trinajstić information content (AvgIpc) is 3.23. The lowest BCUT2D eigenvalue weighted by Crippen LogP contribution is -2.21. The standard InChI is InChI=1S/C24H17FN2O4/c25-15-5-3-4-14(8-15)12-28-19-7-2-1-6-16(19)23-17-9-21-22(30-13-29-21)10-20(17)31-24(27)18(23)11-26/h1-10,23H,12-13,27H2. The van der Waals surface area contributed by atoms with Gasteiger partial charge in [0.25, 0.3) is 0 Å². The molecule has 3 aromatic rings. The van der Waals surface area contributed by atoms with Crippen LogP contribution >= 0.6 is 0 Å². The van der Waals surface area contributed by atoms with Crippen molar-refractivity contribution in [2.24, 2.45) is 5.73 Å². The highest BCUT2D eigenvalue weighted by Gasteiger charge is 2.34. The molecule has 1 unspecified atom stereocenters. The molecule has 0 aliphatic carbocycles. The van der Waals surface area contributed by atoms with Crippen LogP contribution in [-0.4, -0.2) is 6.79 Å². The fourth-order valence-corrected chi connectivity index (χ4v) is 3.81. The van der Waals surface area contributed by atoms with Crippen LogP contribution in [0.15, 0.2) is 72.1 Å². The molecule has 6 nitrogen and oxygen atoms in total. The molecule has 0 bridgehead atoms. The zero-order chi connectivity index (χ0) is 21.4. The number of nitriles is 1. The number of nitrogens with zero attached hydrogens (tertiary/aromatic N) is 1. The van der Waals surface area contributed by atoms with E-state index in [1.165, 1.54) is 12.1 Å². The summed E-state index contributed by atoms with van der Waals surface area (Å²) in [6.07, 6.45) is 0. The van der Waals surface area contributed by atoms with Crippen LogP contribution < -0.4 is 24.7 Å². The molecule has 31 heavy (non-hydrogen) atoms. The second kappa shape index (κ2) is 7.58. The summed E-state index contributed by atoms with van der Waals surface area (Å²) in [6, 6.07) is 19.3. The van der Waals surface area contributed by atoms with Gasteiger partial charge in [-0.25, -0.2) is 4.39 Å².